The third-order valence-corrected chi connectivity index (χ3v) is 7.24. The fourth-order valence-electron chi connectivity index (χ4n) is 4.50. The second-order valence-electron chi connectivity index (χ2n) is 8.31. The summed E-state index contributed by atoms with van der Waals surface area (Å²) in [6.07, 6.45) is 5.98. The van der Waals surface area contributed by atoms with Crippen LogP contribution in [0, 0.1) is 13.8 Å². The predicted octanol–water partition coefficient (Wildman–Crippen LogP) is 4.56. The quantitative estimate of drug-likeness (QED) is 0.445. The number of hydrogen-bond donors (Lipinski definition) is 0. The Bertz CT molecular complexity index is 1110. The van der Waals surface area contributed by atoms with Gasteiger partial charge in [-0.05, 0) is 75.3 Å². The predicted molar refractivity (Wildman–Crippen MR) is 115 cm³/mol. The molecule has 0 radical (unpaired) electrons. The number of aryl methyl sites for hydroxylation is 3. The Hall–Kier alpha value is -2.34. The zero-order valence-electron chi connectivity index (χ0n) is 17.2. The molecule has 0 aliphatic heterocycles. The van der Waals surface area contributed by atoms with Crippen LogP contribution in [0.2, 0.25) is 0 Å². The number of thioether (sulfide) groups is 1. The topological polar surface area (TPSA) is 52.7 Å². The van der Waals surface area contributed by atoms with E-state index in [9.17, 15) is 4.79 Å². The van der Waals surface area contributed by atoms with Crippen LogP contribution < -0.4 is 0 Å². The van der Waals surface area contributed by atoms with Gasteiger partial charge in [-0.2, -0.15) is 0 Å². The summed E-state index contributed by atoms with van der Waals surface area (Å²) in [4.78, 5) is 13.0. The summed E-state index contributed by atoms with van der Waals surface area (Å²) in [7, 11) is 2.00. The van der Waals surface area contributed by atoms with Crippen LogP contribution >= 0.6 is 11.8 Å². The molecule has 29 heavy (non-hydrogen) atoms. The molecule has 0 atom stereocenters. The van der Waals surface area contributed by atoms with Crippen molar-refractivity contribution < 1.29 is 4.79 Å². The Labute approximate surface area is 175 Å². The van der Waals surface area contributed by atoms with Crippen molar-refractivity contribution in [2.24, 2.45) is 7.05 Å². The molecule has 6 heteroatoms. The van der Waals surface area contributed by atoms with Gasteiger partial charge in [0, 0.05) is 35.6 Å². The number of benzene rings is 1. The molecule has 0 amide bonds. The van der Waals surface area contributed by atoms with Gasteiger partial charge in [0.2, 0.25) is 0 Å². The van der Waals surface area contributed by atoms with Crippen LogP contribution in [0.4, 0.5) is 0 Å². The molecule has 0 bridgehead atoms. The van der Waals surface area contributed by atoms with Gasteiger partial charge in [-0.3, -0.25) is 4.79 Å². The Morgan fingerprint density at radius 3 is 2.72 bits per heavy atom. The number of nitrogens with zero attached hydrogens (tertiary/aromatic N) is 4. The number of rotatable bonds is 6. The average molecular weight is 407 g/mol. The molecule has 2 aliphatic rings. The highest BCUT2D eigenvalue weighted by atomic mass is 32.2. The van der Waals surface area contributed by atoms with Crippen molar-refractivity contribution in [1.29, 1.82) is 0 Å². The lowest BCUT2D eigenvalue weighted by molar-refractivity contribution is 0.102. The first-order valence-electron chi connectivity index (χ1n) is 10.4. The van der Waals surface area contributed by atoms with Gasteiger partial charge in [-0.15, -0.1) is 10.2 Å². The summed E-state index contributed by atoms with van der Waals surface area (Å²) in [5, 5.41) is 9.42. The van der Waals surface area contributed by atoms with Crippen LogP contribution in [-0.2, 0) is 19.9 Å². The van der Waals surface area contributed by atoms with E-state index in [1.807, 2.05) is 24.6 Å². The normalized spacial score (nSPS) is 15.7. The zero-order chi connectivity index (χ0) is 20.1. The van der Waals surface area contributed by atoms with Crippen molar-refractivity contribution in [3.8, 4) is 5.69 Å². The molecule has 0 N–H and O–H groups in total. The van der Waals surface area contributed by atoms with E-state index in [1.165, 1.54) is 48.6 Å². The molecule has 150 valence electrons. The summed E-state index contributed by atoms with van der Waals surface area (Å²) in [5.74, 6) is 2.13. The lowest BCUT2D eigenvalue weighted by Gasteiger charge is -2.12. The number of carbonyl (C=O) groups is 1. The van der Waals surface area contributed by atoms with Gasteiger partial charge in [0.05, 0.1) is 5.75 Å². The molecule has 1 fully saturated rings. The summed E-state index contributed by atoms with van der Waals surface area (Å²) in [5.41, 5.74) is 7.01. The molecular formula is C23H26N4OS. The molecule has 1 aromatic carbocycles. The maximum absolute atomic E-state index is 13.0. The number of ketones is 1. The van der Waals surface area contributed by atoms with Crippen LogP contribution in [0.5, 0.6) is 0 Å². The Balaban J connectivity index is 1.36. The summed E-state index contributed by atoms with van der Waals surface area (Å²) in [6.45, 7) is 4.13. The number of fused-ring (bicyclic) bond motifs is 1. The SMILES string of the molecule is Cc1cc(C(=O)CSc2nnc(C3CC3)n2C)c(C)n1-c1ccc2c(c1)CCC2. The summed E-state index contributed by atoms with van der Waals surface area (Å²) >= 11 is 1.48. The number of hydrogen-bond acceptors (Lipinski definition) is 4. The third kappa shape index (κ3) is 3.33. The van der Waals surface area contributed by atoms with Crippen molar-refractivity contribution in [3.05, 3.63) is 58.2 Å². The third-order valence-electron chi connectivity index (χ3n) is 6.22. The molecule has 2 heterocycles. The second-order valence-corrected chi connectivity index (χ2v) is 9.26. The van der Waals surface area contributed by atoms with E-state index >= 15 is 0 Å². The molecule has 0 unspecified atom stereocenters. The van der Waals surface area contributed by atoms with E-state index in [1.54, 1.807) is 0 Å². The maximum atomic E-state index is 13.0. The second kappa shape index (κ2) is 7.17. The van der Waals surface area contributed by atoms with Crippen LogP contribution in [0.3, 0.4) is 0 Å². The van der Waals surface area contributed by atoms with Crippen LogP contribution in [0.25, 0.3) is 5.69 Å². The van der Waals surface area contributed by atoms with Crippen molar-refractivity contribution in [1.82, 2.24) is 19.3 Å². The van der Waals surface area contributed by atoms with Gasteiger partial charge in [0.1, 0.15) is 5.82 Å². The van der Waals surface area contributed by atoms with Crippen LogP contribution in [0.1, 0.15) is 63.9 Å². The van der Waals surface area contributed by atoms with Crippen molar-refractivity contribution in [2.75, 3.05) is 5.75 Å². The van der Waals surface area contributed by atoms with E-state index in [2.05, 4.69) is 39.9 Å². The van der Waals surface area contributed by atoms with E-state index in [4.69, 9.17) is 0 Å². The minimum atomic E-state index is 0.145. The van der Waals surface area contributed by atoms with Gasteiger partial charge >= 0.3 is 0 Å². The van der Waals surface area contributed by atoms with E-state index < -0.39 is 0 Å². The summed E-state index contributed by atoms with van der Waals surface area (Å²) in [6, 6.07) is 8.76. The number of carbonyl (C=O) groups excluding carboxylic acids is 1. The standard InChI is InChI=1S/C23H26N4OS/c1-14-11-20(15(2)27(14)19-10-9-16-5-4-6-18(16)12-19)21(28)13-29-23-25-24-22(26(23)3)17-7-8-17/h9-12,17H,4-8,13H2,1-3H3. The van der Waals surface area contributed by atoms with Gasteiger partial charge in [-0.1, -0.05) is 17.8 Å². The lowest BCUT2D eigenvalue weighted by atomic mass is 10.1. The maximum Gasteiger partial charge on any atom is 0.191 e. The number of aromatic nitrogens is 4. The minimum absolute atomic E-state index is 0.145. The van der Waals surface area contributed by atoms with Crippen LogP contribution in [0.15, 0.2) is 29.4 Å². The van der Waals surface area contributed by atoms with Crippen LogP contribution in [-0.4, -0.2) is 30.9 Å². The molecule has 2 aliphatic carbocycles. The Morgan fingerprint density at radius 2 is 1.93 bits per heavy atom. The molecule has 5 nitrogen and oxygen atoms in total. The first kappa shape index (κ1) is 18.7. The lowest BCUT2D eigenvalue weighted by Crippen LogP contribution is -2.07. The zero-order valence-corrected chi connectivity index (χ0v) is 18.1. The fourth-order valence-corrected chi connectivity index (χ4v) is 5.30. The first-order chi connectivity index (χ1) is 14.0. The highest BCUT2D eigenvalue weighted by Crippen LogP contribution is 2.39. The van der Waals surface area contributed by atoms with Crippen molar-refractivity contribution >= 4 is 17.5 Å². The monoisotopic (exact) mass is 406 g/mol. The number of Topliss-reactive ketones (excluding diaryl/α,β-unsaturated/α-hetero) is 1. The molecule has 3 aromatic rings. The Morgan fingerprint density at radius 1 is 1.14 bits per heavy atom. The van der Waals surface area contributed by atoms with Gasteiger partial charge in [0.15, 0.2) is 10.9 Å². The molecule has 2 aromatic heterocycles. The highest BCUT2D eigenvalue weighted by molar-refractivity contribution is 7.99. The summed E-state index contributed by atoms with van der Waals surface area (Å²) < 4.78 is 4.26. The molecule has 5 rings (SSSR count). The van der Waals surface area contributed by atoms with Gasteiger partial charge in [-0.25, -0.2) is 0 Å². The van der Waals surface area contributed by atoms with Gasteiger partial charge < -0.3 is 9.13 Å². The van der Waals surface area contributed by atoms with Crippen molar-refractivity contribution in [2.45, 2.75) is 57.0 Å². The molecule has 0 saturated heterocycles. The minimum Gasteiger partial charge on any atom is -0.318 e. The van der Waals surface area contributed by atoms with E-state index in [-0.39, 0.29) is 5.78 Å². The average Bonchev–Trinajstić information content (AvgIpc) is 3.20. The fraction of sp³-hybridized carbons (Fsp3) is 0.435. The highest BCUT2D eigenvalue weighted by Gasteiger charge is 2.29. The smallest absolute Gasteiger partial charge is 0.191 e. The molecule has 1 saturated carbocycles. The largest absolute Gasteiger partial charge is 0.318 e. The Kier molecular flexibility index (Phi) is 4.62. The molecular weight excluding hydrogens is 380 g/mol. The molecule has 0 spiro atoms. The van der Waals surface area contributed by atoms with Crippen molar-refractivity contribution in [3.63, 3.8) is 0 Å². The van der Waals surface area contributed by atoms with E-state index in [0.717, 1.165) is 40.0 Å². The first-order valence-corrected chi connectivity index (χ1v) is 11.4. The van der Waals surface area contributed by atoms with Gasteiger partial charge in [0.25, 0.3) is 0 Å². The van der Waals surface area contributed by atoms with E-state index in [0.29, 0.717) is 11.7 Å².